The molecule has 1 N–H and O–H groups in total. The zero-order chi connectivity index (χ0) is 11.7. The maximum absolute atomic E-state index is 11.1. The topological polar surface area (TPSA) is 40.5 Å². The van der Waals surface area contributed by atoms with Gasteiger partial charge in [0, 0.05) is 10.9 Å². The predicted octanol–water partition coefficient (Wildman–Crippen LogP) is 3.01. The van der Waals surface area contributed by atoms with E-state index in [1.165, 1.54) is 11.3 Å². The maximum Gasteiger partial charge on any atom is 0.320 e. The van der Waals surface area contributed by atoms with Crippen molar-refractivity contribution in [3.8, 4) is 0 Å². The van der Waals surface area contributed by atoms with E-state index in [4.69, 9.17) is 16.7 Å². The number of carbonyl (C=O) groups is 1. The summed E-state index contributed by atoms with van der Waals surface area (Å²) in [6.45, 7) is 2.90. The molecule has 2 unspecified atom stereocenters. The summed E-state index contributed by atoms with van der Waals surface area (Å²) in [7, 11) is 0. The summed E-state index contributed by atoms with van der Waals surface area (Å²) >= 11 is 7.42. The molecule has 0 spiro atoms. The Kier molecular flexibility index (Phi) is 3.52. The van der Waals surface area contributed by atoms with E-state index in [1.807, 2.05) is 24.0 Å². The molecule has 0 amide bonds. The van der Waals surface area contributed by atoms with E-state index in [0.29, 0.717) is 0 Å². The smallest absolute Gasteiger partial charge is 0.320 e. The minimum atomic E-state index is -0.716. The number of aliphatic carboxylic acids is 1. The van der Waals surface area contributed by atoms with Crippen molar-refractivity contribution < 1.29 is 9.90 Å². The van der Waals surface area contributed by atoms with Gasteiger partial charge in [0.2, 0.25) is 0 Å². The summed E-state index contributed by atoms with van der Waals surface area (Å²) < 4.78 is 0.757. The minimum Gasteiger partial charge on any atom is -0.480 e. The second kappa shape index (κ2) is 4.73. The van der Waals surface area contributed by atoms with Crippen LogP contribution in [0.2, 0.25) is 4.34 Å². The van der Waals surface area contributed by atoms with E-state index in [9.17, 15) is 4.79 Å². The third-order valence-electron chi connectivity index (χ3n) is 3.08. The van der Waals surface area contributed by atoms with E-state index in [2.05, 4.69) is 0 Å². The zero-order valence-corrected chi connectivity index (χ0v) is 10.6. The molecule has 1 aromatic heterocycles. The van der Waals surface area contributed by atoms with E-state index < -0.39 is 5.97 Å². The van der Waals surface area contributed by atoms with Gasteiger partial charge in [-0.3, -0.25) is 9.69 Å². The summed E-state index contributed by atoms with van der Waals surface area (Å²) in [6.07, 6.45) is 1.71. The molecule has 2 atom stereocenters. The molecule has 1 aliphatic heterocycles. The summed E-state index contributed by atoms with van der Waals surface area (Å²) in [6, 6.07) is 3.65. The number of hydrogen-bond acceptors (Lipinski definition) is 3. The van der Waals surface area contributed by atoms with Crippen molar-refractivity contribution in [1.82, 2.24) is 4.90 Å². The average molecular weight is 260 g/mol. The van der Waals surface area contributed by atoms with Gasteiger partial charge in [0.25, 0.3) is 0 Å². The van der Waals surface area contributed by atoms with Gasteiger partial charge >= 0.3 is 5.97 Å². The van der Waals surface area contributed by atoms with Crippen LogP contribution in [0.3, 0.4) is 0 Å². The Morgan fingerprint density at radius 1 is 1.69 bits per heavy atom. The SMILES string of the molecule is CC(c1ccc(Cl)s1)N1CCCC1C(=O)O. The van der Waals surface area contributed by atoms with E-state index >= 15 is 0 Å². The van der Waals surface area contributed by atoms with Crippen LogP contribution in [0.4, 0.5) is 0 Å². The lowest BCUT2D eigenvalue weighted by atomic mass is 10.2. The van der Waals surface area contributed by atoms with Crippen molar-refractivity contribution in [3.05, 3.63) is 21.3 Å². The lowest BCUT2D eigenvalue weighted by Gasteiger charge is -2.27. The van der Waals surface area contributed by atoms with Gasteiger partial charge in [-0.2, -0.15) is 0 Å². The first kappa shape index (κ1) is 11.9. The molecule has 1 fully saturated rings. The van der Waals surface area contributed by atoms with Gasteiger partial charge < -0.3 is 5.11 Å². The highest BCUT2D eigenvalue weighted by Crippen LogP contribution is 2.34. The third kappa shape index (κ3) is 2.24. The van der Waals surface area contributed by atoms with Gasteiger partial charge in [-0.25, -0.2) is 0 Å². The molecule has 88 valence electrons. The lowest BCUT2D eigenvalue weighted by molar-refractivity contribution is -0.142. The van der Waals surface area contributed by atoms with Crippen LogP contribution in [-0.4, -0.2) is 28.6 Å². The number of nitrogens with zero attached hydrogens (tertiary/aromatic N) is 1. The van der Waals surface area contributed by atoms with Crippen molar-refractivity contribution in [2.75, 3.05) is 6.54 Å². The number of carboxylic acids is 1. The summed E-state index contributed by atoms with van der Waals surface area (Å²) in [5.41, 5.74) is 0. The van der Waals surface area contributed by atoms with Crippen LogP contribution in [0, 0.1) is 0 Å². The molecule has 5 heteroatoms. The number of rotatable bonds is 3. The standard InChI is InChI=1S/C11H14ClNO2S/c1-7(9-4-5-10(12)16-9)13-6-2-3-8(13)11(14)15/h4-5,7-8H,2-3,6H2,1H3,(H,14,15). The Bertz CT molecular complexity index is 393. The van der Waals surface area contributed by atoms with E-state index in [1.54, 1.807) is 0 Å². The first-order chi connectivity index (χ1) is 7.59. The molecular weight excluding hydrogens is 246 g/mol. The van der Waals surface area contributed by atoms with Crippen molar-refractivity contribution in [2.45, 2.75) is 31.8 Å². The maximum atomic E-state index is 11.1. The Labute approximate surface area is 104 Å². The van der Waals surface area contributed by atoms with E-state index in [0.717, 1.165) is 28.6 Å². The van der Waals surface area contributed by atoms with Crippen molar-refractivity contribution in [2.24, 2.45) is 0 Å². The summed E-state index contributed by atoms with van der Waals surface area (Å²) in [4.78, 5) is 14.3. The molecule has 1 aromatic rings. The van der Waals surface area contributed by atoms with Crippen molar-refractivity contribution >= 4 is 28.9 Å². The first-order valence-corrected chi connectivity index (χ1v) is 6.53. The highest BCUT2D eigenvalue weighted by Gasteiger charge is 2.34. The summed E-state index contributed by atoms with van der Waals surface area (Å²) in [5, 5.41) is 9.12. The van der Waals surface area contributed by atoms with Crippen LogP contribution >= 0.6 is 22.9 Å². The van der Waals surface area contributed by atoms with Crippen LogP contribution in [0.5, 0.6) is 0 Å². The predicted molar refractivity (Wildman–Crippen MR) is 65.1 cm³/mol. The molecule has 0 aromatic carbocycles. The van der Waals surface area contributed by atoms with Gasteiger partial charge in [0.1, 0.15) is 6.04 Å². The minimum absolute atomic E-state index is 0.140. The van der Waals surface area contributed by atoms with Crippen molar-refractivity contribution in [3.63, 3.8) is 0 Å². The first-order valence-electron chi connectivity index (χ1n) is 5.33. The van der Waals surface area contributed by atoms with Gasteiger partial charge in [0.05, 0.1) is 4.34 Å². The molecule has 0 bridgehead atoms. The Morgan fingerprint density at radius 2 is 2.44 bits per heavy atom. The van der Waals surface area contributed by atoms with E-state index in [-0.39, 0.29) is 12.1 Å². The molecule has 1 aliphatic rings. The normalized spacial score (nSPS) is 23.5. The fraction of sp³-hybridized carbons (Fsp3) is 0.545. The molecule has 0 radical (unpaired) electrons. The summed E-state index contributed by atoms with van der Waals surface area (Å²) in [5.74, 6) is -0.716. The largest absolute Gasteiger partial charge is 0.480 e. The van der Waals surface area contributed by atoms with Crippen LogP contribution in [-0.2, 0) is 4.79 Å². The molecule has 2 heterocycles. The van der Waals surface area contributed by atoms with Gasteiger partial charge in [-0.05, 0) is 38.4 Å². The molecule has 0 aliphatic carbocycles. The zero-order valence-electron chi connectivity index (χ0n) is 9.02. The second-order valence-corrected chi connectivity index (χ2v) is 5.80. The number of halogens is 1. The lowest BCUT2D eigenvalue weighted by Crippen LogP contribution is -2.37. The highest BCUT2D eigenvalue weighted by atomic mass is 35.5. The number of carboxylic acid groups (broad SMARTS) is 1. The number of hydrogen-bond donors (Lipinski definition) is 1. The average Bonchev–Trinajstić information content (AvgIpc) is 2.84. The van der Waals surface area contributed by atoms with Gasteiger partial charge in [-0.1, -0.05) is 11.6 Å². The van der Waals surface area contributed by atoms with Gasteiger partial charge in [-0.15, -0.1) is 11.3 Å². The molecular formula is C11H14ClNO2S. The van der Waals surface area contributed by atoms with Crippen LogP contribution in [0.15, 0.2) is 12.1 Å². The van der Waals surface area contributed by atoms with Gasteiger partial charge in [0.15, 0.2) is 0 Å². The van der Waals surface area contributed by atoms with Crippen LogP contribution in [0.1, 0.15) is 30.7 Å². The molecule has 3 nitrogen and oxygen atoms in total. The quantitative estimate of drug-likeness (QED) is 0.907. The number of likely N-dealkylation sites (tertiary alicyclic amines) is 1. The number of thiophene rings is 1. The fourth-order valence-electron chi connectivity index (χ4n) is 2.23. The Balaban J connectivity index is 2.15. The molecule has 16 heavy (non-hydrogen) atoms. The van der Waals surface area contributed by atoms with Crippen molar-refractivity contribution in [1.29, 1.82) is 0 Å². The Hall–Kier alpha value is -0.580. The molecule has 0 saturated carbocycles. The molecule has 1 saturated heterocycles. The monoisotopic (exact) mass is 259 g/mol. The highest BCUT2D eigenvalue weighted by molar-refractivity contribution is 7.16. The molecule has 2 rings (SSSR count). The van der Waals surface area contributed by atoms with Crippen LogP contribution < -0.4 is 0 Å². The Morgan fingerprint density at radius 3 is 3.00 bits per heavy atom. The third-order valence-corrected chi connectivity index (χ3v) is 4.48. The fourth-order valence-corrected chi connectivity index (χ4v) is 3.37. The second-order valence-electron chi connectivity index (χ2n) is 4.05. The van der Waals surface area contributed by atoms with Crippen LogP contribution in [0.25, 0.3) is 0 Å².